The van der Waals surface area contributed by atoms with Crippen LogP contribution in [0.5, 0.6) is 0 Å². The van der Waals surface area contributed by atoms with Gasteiger partial charge in [-0.15, -0.1) is 0 Å². The maximum absolute atomic E-state index is 13.8. The number of hydrogen-bond donors (Lipinski definition) is 0. The molecule has 0 saturated heterocycles. The molecule has 5 heteroatoms. The van der Waals surface area contributed by atoms with E-state index in [1.807, 2.05) is 0 Å². The average molecular weight is 289 g/mol. The molecule has 1 aromatic rings. The van der Waals surface area contributed by atoms with Crippen molar-refractivity contribution in [2.24, 2.45) is 0 Å². The van der Waals surface area contributed by atoms with Crippen molar-refractivity contribution in [3.8, 4) is 0 Å². The van der Waals surface area contributed by atoms with E-state index in [-0.39, 0.29) is 12.2 Å². The maximum atomic E-state index is 13.8. The number of nitrogens with zero attached hydrogens (tertiary/aromatic N) is 1. The summed E-state index contributed by atoms with van der Waals surface area (Å²) in [6, 6.07) is 3.05. The van der Waals surface area contributed by atoms with Crippen molar-refractivity contribution in [3.63, 3.8) is 0 Å². The van der Waals surface area contributed by atoms with Gasteiger partial charge in [0.1, 0.15) is 5.82 Å². The molecule has 0 bridgehead atoms. The monoisotopic (exact) mass is 289 g/mol. The second kappa shape index (κ2) is 6.97. The minimum Gasteiger partial charge on any atom is -0.383 e. The van der Waals surface area contributed by atoms with Gasteiger partial charge in [-0.2, -0.15) is 0 Å². The Morgan fingerprint density at radius 3 is 2.40 bits per heavy atom. The fourth-order valence-electron chi connectivity index (χ4n) is 1.87. The van der Waals surface area contributed by atoms with Crippen molar-refractivity contribution in [3.05, 3.63) is 29.1 Å². The highest BCUT2D eigenvalue weighted by Crippen LogP contribution is 2.26. The van der Waals surface area contributed by atoms with Crippen molar-refractivity contribution < 1.29 is 17.9 Å². The molecule has 0 aromatic heterocycles. The summed E-state index contributed by atoms with van der Waals surface area (Å²) in [6.07, 6.45) is -0.246. The molecule has 0 heterocycles. The molecular weight excluding hydrogens is 267 g/mol. The fourth-order valence-corrected chi connectivity index (χ4v) is 1.87. The Balaban J connectivity index is 3.04. The van der Waals surface area contributed by atoms with Crippen molar-refractivity contribution in [1.82, 2.24) is 0 Å². The standard InChI is InChI=1S/C15H22F3NO/c1-5-15(17,18)10-19(6-7-20-4)13-8-11(2)12(3)14(16)9-13/h8-9H,5-7,10H2,1-4H3. The van der Waals surface area contributed by atoms with Crippen LogP contribution in [0.1, 0.15) is 24.5 Å². The molecule has 0 fully saturated rings. The molecule has 0 unspecified atom stereocenters. The van der Waals surface area contributed by atoms with E-state index in [2.05, 4.69) is 0 Å². The van der Waals surface area contributed by atoms with Crippen molar-refractivity contribution in [2.75, 3.05) is 31.7 Å². The lowest BCUT2D eigenvalue weighted by Gasteiger charge is -2.29. The van der Waals surface area contributed by atoms with Gasteiger partial charge in [-0.1, -0.05) is 6.92 Å². The first-order chi connectivity index (χ1) is 9.30. The molecule has 2 nitrogen and oxygen atoms in total. The third-order valence-electron chi connectivity index (χ3n) is 3.46. The van der Waals surface area contributed by atoms with Crippen LogP contribution >= 0.6 is 0 Å². The lowest BCUT2D eigenvalue weighted by molar-refractivity contribution is 0.00437. The van der Waals surface area contributed by atoms with Crippen LogP contribution in [-0.2, 0) is 4.74 Å². The Morgan fingerprint density at radius 1 is 1.25 bits per heavy atom. The number of rotatable bonds is 7. The van der Waals surface area contributed by atoms with Crippen molar-refractivity contribution in [1.29, 1.82) is 0 Å². The lowest BCUT2D eigenvalue weighted by atomic mass is 10.1. The SMILES string of the molecule is CCC(F)(F)CN(CCOC)c1cc(C)c(C)c(F)c1. The van der Waals surface area contributed by atoms with Crippen LogP contribution in [0.4, 0.5) is 18.9 Å². The van der Waals surface area contributed by atoms with Crippen LogP contribution in [0.2, 0.25) is 0 Å². The van der Waals surface area contributed by atoms with Crippen LogP contribution in [0.3, 0.4) is 0 Å². The number of anilines is 1. The summed E-state index contributed by atoms with van der Waals surface area (Å²) in [6.45, 7) is 5.07. The van der Waals surface area contributed by atoms with E-state index < -0.39 is 12.5 Å². The first-order valence-corrected chi connectivity index (χ1v) is 6.69. The number of hydrogen-bond acceptors (Lipinski definition) is 2. The molecule has 0 aliphatic rings. The smallest absolute Gasteiger partial charge is 0.264 e. The Hall–Kier alpha value is -1.23. The predicted octanol–water partition coefficient (Wildman–Crippen LogP) is 3.94. The second-order valence-corrected chi connectivity index (χ2v) is 4.99. The van der Waals surface area contributed by atoms with Gasteiger partial charge in [-0.25, -0.2) is 13.2 Å². The third-order valence-corrected chi connectivity index (χ3v) is 3.46. The number of methoxy groups -OCH3 is 1. The lowest BCUT2D eigenvalue weighted by Crippen LogP contribution is -2.38. The Bertz CT molecular complexity index is 426. The number of alkyl halides is 2. The van der Waals surface area contributed by atoms with Gasteiger partial charge < -0.3 is 9.64 Å². The number of benzene rings is 1. The van der Waals surface area contributed by atoms with Gasteiger partial charge in [-0.05, 0) is 37.1 Å². The third kappa shape index (κ3) is 4.40. The molecular formula is C15H22F3NO. The summed E-state index contributed by atoms with van der Waals surface area (Å²) in [5, 5.41) is 0. The minimum absolute atomic E-state index is 0.246. The molecule has 0 amide bonds. The Morgan fingerprint density at radius 2 is 1.90 bits per heavy atom. The van der Waals surface area contributed by atoms with Crippen LogP contribution in [0.25, 0.3) is 0 Å². The molecule has 0 aliphatic carbocycles. The van der Waals surface area contributed by atoms with Gasteiger partial charge in [0.25, 0.3) is 5.92 Å². The summed E-state index contributed by atoms with van der Waals surface area (Å²) in [5.74, 6) is -3.18. The van der Waals surface area contributed by atoms with E-state index in [0.29, 0.717) is 24.4 Å². The molecule has 0 aliphatic heterocycles. The topological polar surface area (TPSA) is 12.5 Å². The number of ether oxygens (including phenoxy) is 1. The highest BCUT2D eigenvalue weighted by molar-refractivity contribution is 5.51. The highest BCUT2D eigenvalue weighted by Gasteiger charge is 2.29. The Labute approximate surface area is 118 Å². The van der Waals surface area contributed by atoms with Crippen molar-refractivity contribution in [2.45, 2.75) is 33.1 Å². The predicted molar refractivity (Wildman–Crippen MR) is 75.2 cm³/mol. The molecule has 0 atom stereocenters. The van der Waals surface area contributed by atoms with E-state index in [1.54, 1.807) is 19.9 Å². The van der Waals surface area contributed by atoms with E-state index >= 15 is 0 Å². The van der Waals surface area contributed by atoms with Gasteiger partial charge in [-0.3, -0.25) is 0 Å². The Kier molecular flexibility index (Phi) is 5.87. The normalized spacial score (nSPS) is 11.8. The zero-order valence-electron chi connectivity index (χ0n) is 12.5. The quantitative estimate of drug-likeness (QED) is 0.754. The van der Waals surface area contributed by atoms with E-state index in [4.69, 9.17) is 4.74 Å². The second-order valence-electron chi connectivity index (χ2n) is 4.99. The summed E-state index contributed by atoms with van der Waals surface area (Å²) in [5.41, 5.74) is 1.76. The highest BCUT2D eigenvalue weighted by atomic mass is 19.3. The van der Waals surface area contributed by atoms with E-state index in [9.17, 15) is 13.2 Å². The molecule has 0 saturated carbocycles. The summed E-state index contributed by atoms with van der Waals surface area (Å²) in [4.78, 5) is 1.47. The van der Waals surface area contributed by atoms with Crippen molar-refractivity contribution >= 4 is 5.69 Å². The van der Waals surface area contributed by atoms with Gasteiger partial charge in [0.15, 0.2) is 0 Å². The van der Waals surface area contributed by atoms with Gasteiger partial charge in [0, 0.05) is 25.8 Å². The number of aryl methyl sites for hydroxylation is 1. The first-order valence-electron chi connectivity index (χ1n) is 6.69. The zero-order valence-corrected chi connectivity index (χ0v) is 12.5. The minimum atomic E-state index is -2.80. The number of halogens is 3. The molecule has 0 spiro atoms. The molecule has 0 N–H and O–H groups in total. The zero-order chi connectivity index (χ0) is 15.3. The van der Waals surface area contributed by atoms with Crippen LogP contribution < -0.4 is 4.90 Å². The van der Waals surface area contributed by atoms with Crippen LogP contribution in [0, 0.1) is 19.7 Å². The summed E-state index contributed by atoms with van der Waals surface area (Å²) < 4.78 is 46.0. The largest absolute Gasteiger partial charge is 0.383 e. The summed E-state index contributed by atoms with van der Waals surface area (Å²) >= 11 is 0. The molecule has 0 radical (unpaired) electrons. The van der Waals surface area contributed by atoms with Crippen LogP contribution in [-0.4, -0.2) is 32.7 Å². The van der Waals surface area contributed by atoms with E-state index in [1.165, 1.54) is 25.0 Å². The van der Waals surface area contributed by atoms with Gasteiger partial charge in [0.2, 0.25) is 0 Å². The van der Waals surface area contributed by atoms with E-state index in [0.717, 1.165) is 5.56 Å². The molecule has 1 aromatic carbocycles. The molecule has 114 valence electrons. The van der Waals surface area contributed by atoms with Crippen LogP contribution in [0.15, 0.2) is 12.1 Å². The average Bonchev–Trinajstić information content (AvgIpc) is 2.40. The van der Waals surface area contributed by atoms with Gasteiger partial charge >= 0.3 is 0 Å². The maximum Gasteiger partial charge on any atom is 0.264 e. The fraction of sp³-hybridized carbons (Fsp3) is 0.600. The summed E-state index contributed by atoms with van der Waals surface area (Å²) in [7, 11) is 1.51. The molecule has 20 heavy (non-hydrogen) atoms. The molecule has 1 rings (SSSR count). The van der Waals surface area contributed by atoms with Gasteiger partial charge in [0.05, 0.1) is 13.2 Å². The first kappa shape index (κ1) is 16.8.